The third-order valence-electron chi connectivity index (χ3n) is 4.26. The SMILES string of the molecule is C#CCNS(=O)(=O)c1ccc(C(=O)NCCn2c(C)nc3ccccc32)cc1. The van der Waals surface area contributed by atoms with E-state index in [4.69, 9.17) is 6.42 Å². The highest BCUT2D eigenvalue weighted by Gasteiger charge is 2.14. The van der Waals surface area contributed by atoms with Crippen LogP contribution in [0.5, 0.6) is 0 Å². The van der Waals surface area contributed by atoms with E-state index in [1.54, 1.807) is 0 Å². The van der Waals surface area contributed by atoms with Crippen molar-refractivity contribution in [1.82, 2.24) is 19.6 Å². The van der Waals surface area contributed by atoms with Crippen molar-refractivity contribution in [3.05, 3.63) is 59.9 Å². The van der Waals surface area contributed by atoms with E-state index in [1.807, 2.05) is 35.8 Å². The molecule has 2 aromatic carbocycles. The largest absolute Gasteiger partial charge is 0.350 e. The van der Waals surface area contributed by atoms with Gasteiger partial charge in [-0.2, -0.15) is 4.72 Å². The van der Waals surface area contributed by atoms with Gasteiger partial charge in [0.2, 0.25) is 10.0 Å². The molecular formula is C20H20N4O3S. The van der Waals surface area contributed by atoms with Crippen molar-refractivity contribution < 1.29 is 13.2 Å². The number of nitrogens with zero attached hydrogens (tertiary/aromatic N) is 2. The number of fused-ring (bicyclic) bond motifs is 1. The maximum absolute atomic E-state index is 12.3. The molecule has 0 saturated heterocycles. The molecule has 2 N–H and O–H groups in total. The summed E-state index contributed by atoms with van der Waals surface area (Å²) in [6.07, 6.45) is 5.06. The van der Waals surface area contributed by atoms with Gasteiger partial charge in [-0.05, 0) is 43.3 Å². The number of carbonyl (C=O) groups excluding carboxylic acids is 1. The number of sulfonamides is 1. The van der Waals surface area contributed by atoms with Crippen LogP contribution in [0.1, 0.15) is 16.2 Å². The Morgan fingerprint density at radius 1 is 1.18 bits per heavy atom. The molecular weight excluding hydrogens is 376 g/mol. The minimum atomic E-state index is -3.67. The first-order valence-corrected chi connectivity index (χ1v) is 10.1. The highest BCUT2D eigenvalue weighted by Crippen LogP contribution is 2.15. The monoisotopic (exact) mass is 396 g/mol. The molecule has 1 amide bonds. The summed E-state index contributed by atoms with van der Waals surface area (Å²) in [5.41, 5.74) is 2.31. The Bertz CT molecular complexity index is 1140. The average Bonchev–Trinajstić information content (AvgIpc) is 3.02. The van der Waals surface area contributed by atoms with Gasteiger partial charge in [0.05, 0.1) is 22.5 Å². The maximum Gasteiger partial charge on any atom is 0.251 e. The second kappa shape index (κ2) is 8.25. The molecule has 1 aromatic heterocycles. The lowest BCUT2D eigenvalue weighted by atomic mass is 10.2. The molecule has 3 aromatic rings. The van der Waals surface area contributed by atoms with Crippen LogP contribution in [0.25, 0.3) is 11.0 Å². The van der Waals surface area contributed by atoms with Gasteiger partial charge in [0.15, 0.2) is 0 Å². The summed E-state index contributed by atoms with van der Waals surface area (Å²) in [5.74, 6) is 2.82. The standard InChI is InChI=1S/C20H20N4O3S/c1-3-12-22-28(26,27)17-10-8-16(9-11-17)20(25)21-13-14-24-15(2)23-18-6-4-5-7-19(18)24/h1,4-11,22H,12-14H2,2H3,(H,21,25). The second-order valence-corrected chi connectivity index (χ2v) is 7.88. The normalized spacial score (nSPS) is 11.3. The Balaban J connectivity index is 1.62. The smallest absolute Gasteiger partial charge is 0.251 e. The number of carbonyl (C=O) groups is 1. The van der Waals surface area contributed by atoms with E-state index in [0.717, 1.165) is 16.9 Å². The van der Waals surface area contributed by atoms with Crippen molar-refractivity contribution in [2.45, 2.75) is 18.4 Å². The third kappa shape index (κ3) is 4.22. The predicted octanol–water partition coefficient (Wildman–Crippen LogP) is 1.69. The Morgan fingerprint density at radius 2 is 1.89 bits per heavy atom. The van der Waals surface area contributed by atoms with Crippen molar-refractivity contribution in [3.8, 4) is 12.3 Å². The van der Waals surface area contributed by atoms with Crippen LogP contribution in [-0.2, 0) is 16.6 Å². The lowest BCUT2D eigenvalue weighted by Crippen LogP contribution is -2.27. The van der Waals surface area contributed by atoms with Gasteiger partial charge < -0.3 is 9.88 Å². The summed E-state index contributed by atoms with van der Waals surface area (Å²) in [7, 11) is -3.67. The van der Waals surface area contributed by atoms with Gasteiger partial charge in [-0.25, -0.2) is 13.4 Å². The van der Waals surface area contributed by atoms with Crippen molar-refractivity contribution >= 4 is 27.0 Å². The number of aromatic nitrogens is 2. The van der Waals surface area contributed by atoms with Crippen LogP contribution in [0.4, 0.5) is 0 Å². The number of nitrogens with one attached hydrogen (secondary N) is 2. The zero-order chi connectivity index (χ0) is 20.1. The number of imidazole rings is 1. The Labute approximate surface area is 163 Å². The molecule has 7 nitrogen and oxygen atoms in total. The van der Waals surface area contributed by atoms with Gasteiger partial charge in [-0.3, -0.25) is 4.79 Å². The first-order chi connectivity index (χ1) is 13.4. The quantitative estimate of drug-likeness (QED) is 0.595. The maximum atomic E-state index is 12.3. The van der Waals surface area contributed by atoms with Crippen LogP contribution in [0, 0.1) is 19.3 Å². The molecule has 1 heterocycles. The van der Waals surface area contributed by atoms with Crippen LogP contribution < -0.4 is 10.0 Å². The van der Waals surface area contributed by atoms with Crippen LogP contribution in [-0.4, -0.2) is 37.0 Å². The molecule has 0 aliphatic carbocycles. The van der Waals surface area contributed by atoms with E-state index >= 15 is 0 Å². The summed E-state index contributed by atoms with van der Waals surface area (Å²) in [4.78, 5) is 16.9. The predicted molar refractivity (Wildman–Crippen MR) is 107 cm³/mol. The Kier molecular flexibility index (Phi) is 5.78. The summed E-state index contributed by atoms with van der Waals surface area (Å²) in [6, 6.07) is 13.5. The summed E-state index contributed by atoms with van der Waals surface area (Å²) in [6.45, 7) is 2.84. The number of terminal acetylenes is 1. The summed E-state index contributed by atoms with van der Waals surface area (Å²) < 4.78 is 28.3. The van der Waals surface area contributed by atoms with Gasteiger partial charge in [0, 0.05) is 18.7 Å². The fourth-order valence-electron chi connectivity index (χ4n) is 2.87. The highest BCUT2D eigenvalue weighted by atomic mass is 32.2. The molecule has 0 spiro atoms. The molecule has 0 bridgehead atoms. The zero-order valence-electron chi connectivity index (χ0n) is 15.3. The molecule has 8 heteroatoms. The van der Waals surface area contributed by atoms with E-state index in [0.29, 0.717) is 18.7 Å². The van der Waals surface area contributed by atoms with E-state index in [1.165, 1.54) is 24.3 Å². The number of amides is 1. The average molecular weight is 396 g/mol. The van der Waals surface area contributed by atoms with Crippen molar-refractivity contribution in [1.29, 1.82) is 0 Å². The number of rotatable bonds is 7. The molecule has 0 aliphatic heterocycles. The van der Waals surface area contributed by atoms with Crippen LogP contribution in [0.2, 0.25) is 0 Å². The molecule has 0 atom stereocenters. The minimum Gasteiger partial charge on any atom is -0.350 e. The van der Waals surface area contributed by atoms with E-state index in [9.17, 15) is 13.2 Å². The van der Waals surface area contributed by atoms with E-state index < -0.39 is 10.0 Å². The van der Waals surface area contributed by atoms with E-state index in [2.05, 4.69) is 20.9 Å². The topological polar surface area (TPSA) is 93.1 Å². The number of benzene rings is 2. The van der Waals surface area contributed by atoms with Gasteiger partial charge in [-0.1, -0.05) is 18.1 Å². The van der Waals surface area contributed by atoms with Crippen molar-refractivity contribution in [2.24, 2.45) is 0 Å². The van der Waals surface area contributed by atoms with Gasteiger partial charge >= 0.3 is 0 Å². The van der Waals surface area contributed by atoms with Gasteiger partial charge in [-0.15, -0.1) is 6.42 Å². The molecule has 0 unspecified atom stereocenters. The minimum absolute atomic E-state index is 0.0554. The molecule has 0 fully saturated rings. The highest BCUT2D eigenvalue weighted by molar-refractivity contribution is 7.89. The summed E-state index contributed by atoms with van der Waals surface area (Å²) >= 11 is 0. The van der Waals surface area contributed by atoms with Gasteiger partial charge in [0.1, 0.15) is 5.82 Å². The number of hydrogen-bond donors (Lipinski definition) is 2. The second-order valence-electron chi connectivity index (χ2n) is 6.11. The number of para-hydroxylation sites is 2. The van der Waals surface area contributed by atoms with Crippen LogP contribution in [0.15, 0.2) is 53.4 Å². The molecule has 0 saturated carbocycles. The molecule has 144 valence electrons. The number of aryl methyl sites for hydroxylation is 1. The Hall–Kier alpha value is -3.15. The van der Waals surface area contributed by atoms with Gasteiger partial charge in [0.25, 0.3) is 5.91 Å². The van der Waals surface area contributed by atoms with Crippen LogP contribution >= 0.6 is 0 Å². The van der Waals surface area contributed by atoms with Crippen molar-refractivity contribution in [2.75, 3.05) is 13.1 Å². The molecule has 0 radical (unpaired) electrons. The third-order valence-corrected chi connectivity index (χ3v) is 5.67. The first kappa shape index (κ1) is 19.6. The summed E-state index contributed by atoms with van der Waals surface area (Å²) in [5, 5.41) is 2.84. The molecule has 3 rings (SSSR count). The molecule has 0 aliphatic rings. The fraction of sp³-hybridized carbons (Fsp3) is 0.200. The lowest BCUT2D eigenvalue weighted by molar-refractivity contribution is 0.0952. The molecule has 28 heavy (non-hydrogen) atoms. The first-order valence-electron chi connectivity index (χ1n) is 8.65. The van der Waals surface area contributed by atoms with Crippen molar-refractivity contribution in [3.63, 3.8) is 0 Å². The zero-order valence-corrected chi connectivity index (χ0v) is 16.2. The van der Waals surface area contributed by atoms with E-state index in [-0.39, 0.29) is 17.3 Å². The lowest BCUT2D eigenvalue weighted by Gasteiger charge is -2.09. The Morgan fingerprint density at radius 3 is 2.61 bits per heavy atom. The number of hydrogen-bond acceptors (Lipinski definition) is 4. The van der Waals surface area contributed by atoms with Crippen LogP contribution in [0.3, 0.4) is 0 Å². The fourth-order valence-corrected chi connectivity index (χ4v) is 3.80.